The molecule has 4 nitrogen and oxygen atoms in total. The van der Waals surface area contributed by atoms with Crippen LogP contribution in [0, 0.1) is 0 Å². The number of hydrogen-bond donors (Lipinski definition) is 0. The molecule has 100 valence electrons. The number of fused-ring (bicyclic) bond motifs is 1. The first-order valence-corrected chi connectivity index (χ1v) is 5.52. The van der Waals surface area contributed by atoms with E-state index in [1.54, 1.807) is 24.3 Å². The molecule has 1 aromatic carbocycles. The minimum Gasteiger partial charge on any atom is -0.475 e. The summed E-state index contributed by atoms with van der Waals surface area (Å²) < 4.78 is 42.1. The lowest BCUT2D eigenvalue weighted by Crippen LogP contribution is -2.70. The van der Waals surface area contributed by atoms with Crippen molar-refractivity contribution >= 4 is 11.7 Å². The van der Waals surface area contributed by atoms with Gasteiger partial charge in [-0.05, 0) is 12.1 Å². The molecule has 1 saturated heterocycles. The number of halogens is 3. The van der Waals surface area contributed by atoms with Crippen LogP contribution in [0.5, 0.6) is 5.75 Å². The molecule has 0 aromatic heterocycles. The Morgan fingerprint density at radius 3 is 2.47 bits per heavy atom. The summed E-state index contributed by atoms with van der Waals surface area (Å²) in [5.74, 6) is -1.95. The number of ketones is 1. The molecule has 1 spiro atoms. The molecule has 2 aliphatic rings. The van der Waals surface area contributed by atoms with Gasteiger partial charge >= 0.3 is 12.1 Å². The van der Waals surface area contributed by atoms with Crippen LogP contribution < -0.4 is 4.74 Å². The summed E-state index contributed by atoms with van der Waals surface area (Å²) in [4.78, 5) is 23.6. The second-order valence-electron chi connectivity index (χ2n) is 4.58. The van der Waals surface area contributed by atoms with Crippen molar-refractivity contribution in [3.05, 3.63) is 29.8 Å². The normalized spacial score (nSPS) is 19.9. The van der Waals surface area contributed by atoms with E-state index in [0.29, 0.717) is 16.2 Å². The van der Waals surface area contributed by atoms with Gasteiger partial charge in [-0.1, -0.05) is 12.1 Å². The topological polar surface area (TPSA) is 46.6 Å². The third-order valence-corrected chi connectivity index (χ3v) is 3.27. The Morgan fingerprint density at radius 1 is 1.26 bits per heavy atom. The minimum absolute atomic E-state index is 0.349. The van der Waals surface area contributed by atoms with Gasteiger partial charge in [-0.15, -0.1) is 0 Å². The van der Waals surface area contributed by atoms with Crippen LogP contribution in [0.3, 0.4) is 0 Å². The molecule has 1 fully saturated rings. The van der Waals surface area contributed by atoms with Crippen molar-refractivity contribution < 1.29 is 27.5 Å². The Morgan fingerprint density at radius 2 is 1.89 bits per heavy atom. The Kier molecular flexibility index (Phi) is 2.21. The van der Waals surface area contributed by atoms with E-state index in [-0.39, 0.29) is 18.9 Å². The predicted molar refractivity (Wildman–Crippen MR) is 56.8 cm³/mol. The van der Waals surface area contributed by atoms with Gasteiger partial charge in [-0.3, -0.25) is 9.59 Å². The fourth-order valence-corrected chi connectivity index (χ4v) is 2.35. The third kappa shape index (κ3) is 1.61. The number of rotatable bonds is 0. The standard InChI is InChI=1S/C12H8F3NO3/c13-12(14,15)10(18)16-5-11(6-16)9(17)7-3-1-2-4-8(7)19-11/h1-4H,5-6H2. The lowest BCUT2D eigenvalue weighted by atomic mass is 9.87. The first kappa shape index (κ1) is 12.0. The lowest BCUT2D eigenvalue weighted by molar-refractivity contribution is -0.196. The molecule has 0 saturated carbocycles. The van der Waals surface area contributed by atoms with E-state index >= 15 is 0 Å². The number of para-hydroxylation sites is 1. The van der Waals surface area contributed by atoms with Crippen molar-refractivity contribution in [1.82, 2.24) is 4.90 Å². The summed E-state index contributed by atoms with van der Waals surface area (Å²) in [6.07, 6.45) is -4.92. The van der Waals surface area contributed by atoms with Crippen LogP contribution >= 0.6 is 0 Å². The number of Topliss-reactive ketones (excluding diaryl/α,β-unsaturated/α-hetero) is 1. The average Bonchev–Trinajstić information content (AvgIpc) is 2.59. The Hall–Kier alpha value is -2.05. The van der Waals surface area contributed by atoms with Crippen LogP contribution in [0.15, 0.2) is 24.3 Å². The number of carbonyl (C=O) groups is 2. The highest BCUT2D eigenvalue weighted by atomic mass is 19.4. The molecular weight excluding hydrogens is 263 g/mol. The zero-order valence-electron chi connectivity index (χ0n) is 9.53. The molecule has 0 aliphatic carbocycles. The molecule has 2 aliphatic heterocycles. The average molecular weight is 271 g/mol. The van der Waals surface area contributed by atoms with Crippen LogP contribution in [0.4, 0.5) is 13.2 Å². The van der Waals surface area contributed by atoms with Crippen molar-refractivity contribution in [2.24, 2.45) is 0 Å². The SMILES string of the molecule is O=C(N1CC2(C1)Oc1ccccc1C2=O)C(F)(F)F. The molecule has 19 heavy (non-hydrogen) atoms. The van der Waals surface area contributed by atoms with Crippen LogP contribution in [0.1, 0.15) is 10.4 Å². The van der Waals surface area contributed by atoms with Gasteiger partial charge in [-0.25, -0.2) is 0 Å². The maximum atomic E-state index is 12.2. The van der Waals surface area contributed by atoms with E-state index in [1.165, 1.54) is 0 Å². The van der Waals surface area contributed by atoms with Gasteiger partial charge in [0.1, 0.15) is 5.75 Å². The Balaban J connectivity index is 1.78. The zero-order chi connectivity index (χ0) is 13.8. The van der Waals surface area contributed by atoms with Gasteiger partial charge in [-0.2, -0.15) is 13.2 Å². The Labute approximate surface area is 105 Å². The minimum atomic E-state index is -4.92. The van der Waals surface area contributed by atoms with Crippen molar-refractivity contribution in [2.45, 2.75) is 11.8 Å². The van der Waals surface area contributed by atoms with E-state index in [2.05, 4.69) is 0 Å². The largest absolute Gasteiger partial charge is 0.475 e. The summed E-state index contributed by atoms with van der Waals surface area (Å²) in [7, 11) is 0. The second-order valence-corrected chi connectivity index (χ2v) is 4.58. The monoisotopic (exact) mass is 271 g/mol. The second kappa shape index (κ2) is 3.49. The van der Waals surface area contributed by atoms with Gasteiger partial charge in [0.2, 0.25) is 11.4 Å². The van der Waals surface area contributed by atoms with E-state index < -0.39 is 17.7 Å². The zero-order valence-corrected chi connectivity index (χ0v) is 9.53. The van der Waals surface area contributed by atoms with Gasteiger partial charge in [0.15, 0.2) is 0 Å². The van der Waals surface area contributed by atoms with Crippen molar-refractivity contribution in [2.75, 3.05) is 13.1 Å². The highest BCUT2D eigenvalue weighted by Crippen LogP contribution is 2.41. The smallest absolute Gasteiger partial charge is 0.471 e. The molecule has 0 radical (unpaired) electrons. The number of hydrogen-bond acceptors (Lipinski definition) is 3. The van der Waals surface area contributed by atoms with Gasteiger partial charge in [0, 0.05) is 0 Å². The molecular formula is C12H8F3NO3. The molecule has 3 rings (SSSR count). The summed E-state index contributed by atoms with van der Waals surface area (Å²) in [6.45, 7) is -0.724. The van der Waals surface area contributed by atoms with Crippen LogP contribution in [0.25, 0.3) is 0 Å². The van der Waals surface area contributed by atoms with Crippen LogP contribution in [-0.4, -0.2) is 41.5 Å². The molecule has 1 aromatic rings. The third-order valence-electron chi connectivity index (χ3n) is 3.27. The molecule has 0 atom stereocenters. The van der Waals surface area contributed by atoms with E-state index in [4.69, 9.17) is 4.74 Å². The number of amides is 1. The molecule has 1 amide bonds. The number of benzene rings is 1. The van der Waals surface area contributed by atoms with E-state index in [9.17, 15) is 22.8 Å². The number of carbonyl (C=O) groups excluding carboxylic acids is 2. The predicted octanol–water partition coefficient (Wildman–Crippen LogP) is 1.40. The molecule has 0 unspecified atom stereocenters. The van der Waals surface area contributed by atoms with Crippen LogP contribution in [0.2, 0.25) is 0 Å². The summed E-state index contributed by atoms with van der Waals surface area (Å²) in [5, 5.41) is 0. The van der Waals surface area contributed by atoms with Gasteiger partial charge < -0.3 is 9.64 Å². The highest BCUT2D eigenvalue weighted by molar-refractivity contribution is 6.09. The van der Waals surface area contributed by atoms with Crippen LogP contribution in [-0.2, 0) is 4.79 Å². The summed E-state index contributed by atoms with van der Waals surface area (Å²) in [6, 6.07) is 6.45. The first-order chi connectivity index (χ1) is 8.83. The molecule has 0 bridgehead atoms. The number of ether oxygens (including phenoxy) is 1. The van der Waals surface area contributed by atoms with Crippen molar-refractivity contribution in [1.29, 1.82) is 0 Å². The number of likely N-dealkylation sites (tertiary alicyclic amines) is 1. The molecule has 2 heterocycles. The number of nitrogens with zero attached hydrogens (tertiary/aromatic N) is 1. The maximum absolute atomic E-state index is 12.2. The number of alkyl halides is 3. The first-order valence-electron chi connectivity index (χ1n) is 5.52. The van der Waals surface area contributed by atoms with Crippen molar-refractivity contribution in [3.63, 3.8) is 0 Å². The summed E-state index contributed by atoms with van der Waals surface area (Å²) >= 11 is 0. The lowest BCUT2D eigenvalue weighted by Gasteiger charge is -2.45. The fraction of sp³-hybridized carbons (Fsp3) is 0.333. The quantitative estimate of drug-likeness (QED) is 0.716. The van der Waals surface area contributed by atoms with Gasteiger partial charge in [0.05, 0.1) is 18.7 Å². The van der Waals surface area contributed by atoms with Crippen molar-refractivity contribution in [3.8, 4) is 5.75 Å². The highest BCUT2D eigenvalue weighted by Gasteiger charge is 2.60. The fourth-order valence-electron chi connectivity index (χ4n) is 2.35. The van der Waals surface area contributed by atoms with E-state index in [0.717, 1.165) is 0 Å². The Bertz CT molecular complexity index is 576. The molecule has 0 N–H and O–H groups in total. The summed E-state index contributed by atoms with van der Waals surface area (Å²) in [5.41, 5.74) is -0.980. The van der Waals surface area contributed by atoms with Gasteiger partial charge in [0.25, 0.3) is 0 Å². The van der Waals surface area contributed by atoms with E-state index in [1.807, 2.05) is 0 Å². The maximum Gasteiger partial charge on any atom is 0.471 e. The molecule has 7 heteroatoms.